The molecular weight excluding hydrogens is 368 g/mol. The smallest absolute Gasteiger partial charge is 0.345 e. The van der Waals surface area contributed by atoms with Crippen LogP contribution in [0.3, 0.4) is 0 Å². The molecule has 28 heavy (non-hydrogen) atoms. The lowest BCUT2D eigenvalue weighted by molar-refractivity contribution is -0.385. The van der Waals surface area contributed by atoms with Crippen LogP contribution in [0.4, 0.5) is 11.4 Å². The van der Waals surface area contributed by atoms with Crippen LogP contribution in [0.2, 0.25) is 0 Å². The Morgan fingerprint density at radius 3 is 2.71 bits per heavy atom. The van der Waals surface area contributed by atoms with E-state index in [0.717, 1.165) is 30.2 Å². The molecule has 2 aromatic rings. The number of rotatable bonds is 4. The van der Waals surface area contributed by atoms with Gasteiger partial charge in [-0.05, 0) is 24.5 Å². The topological polar surface area (TPSA) is 108 Å². The highest BCUT2D eigenvalue weighted by Gasteiger charge is 2.29. The van der Waals surface area contributed by atoms with Gasteiger partial charge in [0, 0.05) is 18.3 Å². The molecule has 0 atom stereocenters. The number of ether oxygens (including phenoxy) is 3. The van der Waals surface area contributed by atoms with E-state index in [9.17, 15) is 19.7 Å². The van der Waals surface area contributed by atoms with Gasteiger partial charge < -0.3 is 19.1 Å². The van der Waals surface area contributed by atoms with E-state index in [-0.39, 0.29) is 29.8 Å². The van der Waals surface area contributed by atoms with Crippen molar-refractivity contribution >= 4 is 23.3 Å². The number of nitro groups is 1. The van der Waals surface area contributed by atoms with Crippen molar-refractivity contribution in [1.29, 1.82) is 0 Å². The van der Waals surface area contributed by atoms with Gasteiger partial charge in [0.05, 0.1) is 11.0 Å². The molecule has 2 aliphatic heterocycles. The third-order valence-electron chi connectivity index (χ3n) is 4.65. The maximum atomic E-state index is 12.6. The van der Waals surface area contributed by atoms with Crippen LogP contribution >= 0.6 is 0 Å². The van der Waals surface area contributed by atoms with Gasteiger partial charge in [-0.3, -0.25) is 14.9 Å². The molecule has 144 valence electrons. The zero-order chi connectivity index (χ0) is 19.7. The van der Waals surface area contributed by atoms with Gasteiger partial charge >= 0.3 is 5.97 Å². The van der Waals surface area contributed by atoms with Crippen molar-refractivity contribution in [3.05, 3.63) is 57.6 Å². The Hall–Kier alpha value is -3.62. The number of aryl methyl sites for hydroxylation is 1. The van der Waals surface area contributed by atoms with E-state index in [0.29, 0.717) is 6.54 Å². The van der Waals surface area contributed by atoms with E-state index < -0.39 is 23.2 Å². The standard InChI is InChI=1S/C19H16N2O7/c22-18(20-7-3-5-12-4-1-2-6-14(12)20)10-26-19(23)13-8-16-17(28-11-27-16)9-15(13)21(24)25/h1-2,4,6,8-9H,3,5,7,10-11H2. The molecule has 0 spiro atoms. The summed E-state index contributed by atoms with van der Waals surface area (Å²) < 4.78 is 15.3. The highest BCUT2D eigenvalue weighted by Crippen LogP contribution is 2.38. The Morgan fingerprint density at radius 2 is 1.93 bits per heavy atom. The normalized spacial score (nSPS) is 14.4. The number of amides is 1. The van der Waals surface area contributed by atoms with E-state index >= 15 is 0 Å². The number of anilines is 1. The Bertz CT molecular complexity index is 973. The number of esters is 1. The molecular formula is C19H16N2O7. The summed E-state index contributed by atoms with van der Waals surface area (Å²) in [7, 11) is 0. The summed E-state index contributed by atoms with van der Waals surface area (Å²) in [6.07, 6.45) is 1.69. The number of carbonyl (C=O) groups excluding carboxylic acids is 2. The molecule has 1 amide bonds. The molecule has 0 N–H and O–H groups in total. The van der Waals surface area contributed by atoms with E-state index in [1.54, 1.807) is 4.90 Å². The summed E-state index contributed by atoms with van der Waals surface area (Å²) in [6.45, 7) is -0.0752. The minimum Gasteiger partial charge on any atom is -0.454 e. The summed E-state index contributed by atoms with van der Waals surface area (Å²) in [4.78, 5) is 37.1. The fourth-order valence-corrected chi connectivity index (χ4v) is 3.32. The first-order valence-electron chi connectivity index (χ1n) is 8.68. The molecule has 0 radical (unpaired) electrons. The van der Waals surface area contributed by atoms with Crippen LogP contribution in [0, 0.1) is 10.1 Å². The second kappa shape index (κ2) is 7.18. The lowest BCUT2D eigenvalue weighted by atomic mass is 10.0. The molecule has 0 unspecified atom stereocenters. The van der Waals surface area contributed by atoms with Crippen molar-refractivity contribution in [2.75, 3.05) is 24.8 Å². The van der Waals surface area contributed by atoms with Crippen molar-refractivity contribution in [3.63, 3.8) is 0 Å². The highest BCUT2D eigenvalue weighted by atomic mass is 16.7. The molecule has 2 aromatic carbocycles. The number of nitro benzene ring substituents is 1. The second-order valence-electron chi connectivity index (χ2n) is 6.33. The molecule has 9 heteroatoms. The van der Waals surface area contributed by atoms with E-state index in [2.05, 4.69) is 0 Å². The predicted octanol–water partition coefficient (Wildman–Crippen LogP) is 2.46. The summed E-state index contributed by atoms with van der Waals surface area (Å²) in [5, 5.41) is 11.3. The van der Waals surface area contributed by atoms with Gasteiger partial charge in [-0.1, -0.05) is 18.2 Å². The number of benzene rings is 2. The Kier molecular flexibility index (Phi) is 4.56. The van der Waals surface area contributed by atoms with Gasteiger partial charge in [-0.25, -0.2) is 4.79 Å². The fraction of sp³-hybridized carbons (Fsp3) is 0.263. The van der Waals surface area contributed by atoms with Crippen molar-refractivity contribution in [1.82, 2.24) is 0 Å². The zero-order valence-electron chi connectivity index (χ0n) is 14.8. The molecule has 0 aliphatic carbocycles. The summed E-state index contributed by atoms with van der Waals surface area (Å²) in [5.74, 6) is -0.953. The number of carbonyl (C=O) groups is 2. The molecule has 4 rings (SSSR count). The average molecular weight is 384 g/mol. The number of nitrogens with zero attached hydrogens (tertiary/aromatic N) is 2. The van der Waals surface area contributed by atoms with Crippen molar-refractivity contribution in [2.24, 2.45) is 0 Å². The van der Waals surface area contributed by atoms with Crippen molar-refractivity contribution in [2.45, 2.75) is 12.8 Å². The molecule has 0 aromatic heterocycles. The van der Waals surface area contributed by atoms with Gasteiger partial charge in [0.15, 0.2) is 18.1 Å². The Morgan fingerprint density at radius 1 is 1.18 bits per heavy atom. The van der Waals surface area contributed by atoms with Gasteiger partial charge in [0.1, 0.15) is 5.56 Å². The van der Waals surface area contributed by atoms with E-state index in [4.69, 9.17) is 14.2 Å². The van der Waals surface area contributed by atoms with Crippen LogP contribution in [0.15, 0.2) is 36.4 Å². The Labute approximate surface area is 159 Å². The molecule has 9 nitrogen and oxygen atoms in total. The molecule has 0 saturated heterocycles. The maximum Gasteiger partial charge on any atom is 0.345 e. The lowest BCUT2D eigenvalue weighted by Crippen LogP contribution is -2.38. The first-order valence-corrected chi connectivity index (χ1v) is 8.68. The third-order valence-corrected chi connectivity index (χ3v) is 4.65. The van der Waals surface area contributed by atoms with Crippen LogP contribution in [-0.4, -0.2) is 36.7 Å². The minimum absolute atomic E-state index is 0.0855. The lowest BCUT2D eigenvalue weighted by Gasteiger charge is -2.29. The molecule has 2 heterocycles. The van der Waals surface area contributed by atoms with Crippen LogP contribution in [0.5, 0.6) is 11.5 Å². The van der Waals surface area contributed by atoms with Crippen molar-refractivity contribution in [3.8, 4) is 11.5 Å². The largest absolute Gasteiger partial charge is 0.454 e. The monoisotopic (exact) mass is 384 g/mol. The predicted molar refractivity (Wildman–Crippen MR) is 96.6 cm³/mol. The first kappa shape index (κ1) is 17.8. The molecule has 0 fully saturated rings. The molecule has 0 bridgehead atoms. The SMILES string of the molecule is O=C(OCC(=O)N1CCCc2ccccc21)c1cc2c(cc1[N+](=O)[O-])OCO2. The summed E-state index contributed by atoms with van der Waals surface area (Å²) in [6, 6.07) is 9.86. The van der Waals surface area contributed by atoms with Gasteiger partial charge in [-0.2, -0.15) is 0 Å². The van der Waals surface area contributed by atoms with Crippen molar-refractivity contribution < 1.29 is 28.7 Å². The number of hydrogen-bond acceptors (Lipinski definition) is 7. The van der Waals surface area contributed by atoms with E-state index in [1.165, 1.54) is 6.07 Å². The highest BCUT2D eigenvalue weighted by molar-refractivity contribution is 5.99. The van der Waals surface area contributed by atoms with E-state index in [1.807, 2.05) is 24.3 Å². The third kappa shape index (κ3) is 3.22. The van der Waals surface area contributed by atoms with Crippen LogP contribution < -0.4 is 14.4 Å². The first-order chi connectivity index (χ1) is 13.5. The second-order valence-corrected chi connectivity index (χ2v) is 6.33. The fourth-order valence-electron chi connectivity index (χ4n) is 3.32. The minimum atomic E-state index is -0.969. The van der Waals surface area contributed by atoms with Gasteiger partial charge in [0.25, 0.3) is 11.6 Å². The Balaban J connectivity index is 1.50. The summed E-state index contributed by atoms with van der Waals surface area (Å²) in [5.41, 5.74) is 1.09. The van der Waals surface area contributed by atoms with Crippen LogP contribution in [0.25, 0.3) is 0 Å². The molecule has 2 aliphatic rings. The number of hydrogen-bond donors (Lipinski definition) is 0. The average Bonchev–Trinajstić information content (AvgIpc) is 3.18. The maximum absolute atomic E-state index is 12.6. The molecule has 0 saturated carbocycles. The van der Waals surface area contributed by atoms with Gasteiger partial charge in [0.2, 0.25) is 6.79 Å². The number of fused-ring (bicyclic) bond motifs is 2. The zero-order valence-corrected chi connectivity index (χ0v) is 14.8. The van der Waals surface area contributed by atoms with Gasteiger partial charge in [-0.15, -0.1) is 0 Å². The number of para-hydroxylation sites is 1. The quantitative estimate of drug-likeness (QED) is 0.452. The summed E-state index contributed by atoms with van der Waals surface area (Å²) >= 11 is 0. The van der Waals surface area contributed by atoms with Crippen LogP contribution in [0.1, 0.15) is 22.3 Å². The van der Waals surface area contributed by atoms with Crippen LogP contribution in [-0.2, 0) is 16.0 Å².